The number of fused-ring (bicyclic) bond motifs is 2. The maximum absolute atomic E-state index is 12.6. The summed E-state index contributed by atoms with van der Waals surface area (Å²) in [6, 6.07) is 8.25. The van der Waals surface area contributed by atoms with E-state index in [1.807, 2.05) is 18.3 Å². The number of piperidine rings is 1. The summed E-state index contributed by atoms with van der Waals surface area (Å²) in [7, 11) is 0. The third-order valence-electron chi connectivity index (χ3n) is 5.74. The molecule has 4 aromatic rings. The van der Waals surface area contributed by atoms with Gasteiger partial charge in [-0.15, -0.1) is 0 Å². The molecule has 3 N–H and O–H groups in total. The molecule has 3 aromatic heterocycles. The molecule has 5 rings (SSSR count). The minimum Gasteiger partial charge on any atom is -0.361 e. The van der Waals surface area contributed by atoms with Crippen LogP contribution in [0, 0.1) is 5.92 Å². The van der Waals surface area contributed by atoms with Gasteiger partial charge in [0.1, 0.15) is 11.8 Å². The van der Waals surface area contributed by atoms with Crippen LogP contribution in [-0.4, -0.2) is 50.5 Å². The highest BCUT2D eigenvalue weighted by Gasteiger charge is 2.26. The summed E-state index contributed by atoms with van der Waals surface area (Å²) in [5.74, 6) is 1.07. The first kappa shape index (κ1) is 17.7. The van der Waals surface area contributed by atoms with E-state index in [0.717, 1.165) is 49.2 Å². The molecule has 0 aliphatic carbocycles. The fourth-order valence-corrected chi connectivity index (χ4v) is 4.15. The molecule has 0 atom stereocenters. The monoisotopic (exact) mass is 389 g/mol. The highest BCUT2D eigenvalue weighted by atomic mass is 16.1. The molecule has 1 aliphatic heterocycles. The summed E-state index contributed by atoms with van der Waals surface area (Å²) in [6.07, 6.45) is 7.68. The van der Waals surface area contributed by atoms with E-state index in [2.05, 4.69) is 47.3 Å². The van der Waals surface area contributed by atoms with Crippen LogP contribution in [-0.2, 0) is 11.2 Å². The molecule has 1 fully saturated rings. The number of carbonyl (C=O) groups is 1. The van der Waals surface area contributed by atoms with Crippen molar-refractivity contribution in [1.82, 2.24) is 30.2 Å². The fraction of sp³-hybridized carbons (Fsp3) is 0.333. The lowest BCUT2D eigenvalue weighted by Crippen LogP contribution is -2.41. The Balaban J connectivity index is 1.15. The highest BCUT2D eigenvalue weighted by molar-refractivity contribution is 5.84. The van der Waals surface area contributed by atoms with Gasteiger partial charge < -0.3 is 20.2 Å². The summed E-state index contributed by atoms with van der Waals surface area (Å²) < 4.78 is 0. The van der Waals surface area contributed by atoms with E-state index < -0.39 is 0 Å². The normalized spacial score (nSPS) is 15.2. The van der Waals surface area contributed by atoms with Crippen LogP contribution in [0.4, 0.5) is 5.82 Å². The van der Waals surface area contributed by atoms with E-state index >= 15 is 0 Å². The SMILES string of the molecule is O=C(NCCc1c[nH]c2ccccc12)C1CCN(c2ncnc3nc[nH]c23)CC1. The van der Waals surface area contributed by atoms with Gasteiger partial charge >= 0.3 is 0 Å². The maximum atomic E-state index is 12.6. The molecule has 29 heavy (non-hydrogen) atoms. The second-order valence-electron chi connectivity index (χ2n) is 7.46. The van der Waals surface area contributed by atoms with Gasteiger partial charge in [0, 0.05) is 42.7 Å². The van der Waals surface area contributed by atoms with Crippen molar-refractivity contribution in [3.63, 3.8) is 0 Å². The van der Waals surface area contributed by atoms with Crippen molar-refractivity contribution >= 4 is 33.8 Å². The summed E-state index contributed by atoms with van der Waals surface area (Å²) in [5, 5.41) is 4.35. The van der Waals surface area contributed by atoms with Gasteiger partial charge in [-0.2, -0.15) is 0 Å². The van der Waals surface area contributed by atoms with Crippen molar-refractivity contribution in [3.8, 4) is 0 Å². The van der Waals surface area contributed by atoms with Gasteiger partial charge in [0.25, 0.3) is 0 Å². The Morgan fingerprint density at radius 2 is 2.00 bits per heavy atom. The molecule has 1 saturated heterocycles. The van der Waals surface area contributed by atoms with E-state index in [1.54, 1.807) is 12.7 Å². The third kappa shape index (κ3) is 3.41. The summed E-state index contributed by atoms with van der Waals surface area (Å²) in [5.41, 5.74) is 3.90. The Hall–Kier alpha value is -3.42. The zero-order valence-electron chi connectivity index (χ0n) is 16.1. The second-order valence-corrected chi connectivity index (χ2v) is 7.46. The van der Waals surface area contributed by atoms with Crippen LogP contribution in [0.1, 0.15) is 18.4 Å². The van der Waals surface area contributed by atoms with Gasteiger partial charge in [-0.05, 0) is 30.9 Å². The highest BCUT2D eigenvalue weighted by Crippen LogP contribution is 2.26. The van der Waals surface area contributed by atoms with Crippen molar-refractivity contribution in [2.45, 2.75) is 19.3 Å². The minimum atomic E-state index is 0.0494. The molecule has 0 unspecified atom stereocenters. The molecular formula is C21H23N7O. The van der Waals surface area contributed by atoms with Crippen LogP contribution in [0.2, 0.25) is 0 Å². The van der Waals surface area contributed by atoms with Crippen LogP contribution in [0.15, 0.2) is 43.1 Å². The Morgan fingerprint density at radius 3 is 2.90 bits per heavy atom. The predicted octanol–water partition coefficient (Wildman–Crippen LogP) is 2.41. The van der Waals surface area contributed by atoms with Crippen molar-refractivity contribution in [2.24, 2.45) is 5.92 Å². The molecule has 1 aliphatic rings. The van der Waals surface area contributed by atoms with Crippen molar-refractivity contribution in [1.29, 1.82) is 0 Å². The smallest absolute Gasteiger partial charge is 0.223 e. The number of nitrogens with one attached hydrogen (secondary N) is 3. The summed E-state index contributed by atoms with van der Waals surface area (Å²) in [4.78, 5) is 34.0. The molecular weight excluding hydrogens is 366 g/mol. The molecule has 0 radical (unpaired) electrons. The number of hydrogen-bond acceptors (Lipinski definition) is 5. The molecule has 0 bridgehead atoms. The van der Waals surface area contributed by atoms with Gasteiger partial charge in [0.05, 0.1) is 6.33 Å². The number of H-pyrrole nitrogens is 2. The largest absolute Gasteiger partial charge is 0.361 e. The zero-order valence-corrected chi connectivity index (χ0v) is 16.1. The van der Waals surface area contributed by atoms with Gasteiger partial charge in [-0.3, -0.25) is 4.79 Å². The predicted molar refractivity (Wildman–Crippen MR) is 112 cm³/mol. The van der Waals surface area contributed by atoms with Crippen LogP contribution in [0.5, 0.6) is 0 Å². The molecule has 8 heteroatoms. The Bertz CT molecular complexity index is 1140. The average molecular weight is 389 g/mol. The second kappa shape index (κ2) is 7.54. The van der Waals surface area contributed by atoms with Crippen molar-refractivity contribution < 1.29 is 4.79 Å². The first-order valence-electron chi connectivity index (χ1n) is 10.0. The van der Waals surface area contributed by atoms with Gasteiger partial charge in [0.15, 0.2) is 11.5 Å². The lowest BCUT2D eigenvalue weighted by atomic mass is 9.95. The van der Waals surface area contributed by atoms with Crippen molar-refractivity contribution in [2.75, 3.05) is 24.5 Å². The Kier molecular flexibility index (Phi) is 4.59. The quantitative estimate of drug-likeness (QED) is 0.486. The summed E-state index contributed by atoms with van der Waals surface area (Å²) >= 11 is 0. The first-order chi connectivity index (χ1) is 14.3. The number of nitrogens with zero attached hydrogens (tertiary/aromatic N) is 4. The van der Waals surface area contributed by atoms with Crippen LogP contribution in [0.3, 0.4) is 0 Å². The molecule has 148 valence electrons. The number of carbonyl (C=O) groups excluding carboxylic acids is 1. The number of amides is 1. The van der Waals surface area contributed by atoms with Gasteiger partial charge in [-0.25, -0.2) is 15.0 Å². The van der Waals surface area contributed by atoms with E-state index in [9.17, 15) is 4.79 Å². The minimum absolute atomic E-state index is 0.0494. The molecule has 8 nitrogen and oxygen atoms in total. The van der Waals surface area contributed by atoms with E-state index in [1.165, 1.54) is 10.9 Å². The van der Waals surface area contributed by atoms with Crippen LogP contribution >= 0.6 is 0 Å². The van der Waals surface area contributed by atoms with Crippen LogP contribution < -0.4 is 10.2 Å². The molecule has 4 heterocycles. The van der Waals surface area contributed by atoms with Crippen LogP contribution in [0.25, 0.3) is 22.1 Å². The maximum Gasteiger partial charge on any atom is 0.223 e. The number of aromatic nitrogens is 5. The Labute approximate surface area is 167 Å². The Morgan fingerprint density at radius 1 is 1.14 bits per heavy atom. The molecule has 1 amide bonds. The number of benzene rings is 1. The van der Waals surface area contributed by atoms with Gasteiger partial charge in [-0.1, -0.05) is 18.2 Å². The number of para-hydroxylation sites is 1. The fourth-order valence-electron chi connectivity index (χ4n) is 4.15. The number of aromatic amines is 2. The van der Waals surface area contributed by atoms with E-state index in [-0.39, 0.29) is 11.8 Å². The zero-order chi connectivity index (χ0) is 19.6. The molecule has 0 spiro atoms. The van der Waals surface area contributed by atoms with Crippen molar-refractivity contribution in [3.05, 3.63) is 48.7 Å². The molecule has 1 aromatic carbocycles. The standard InChI is InChI=1S/C21H23N7O/c29-21(22-8-5-15-11-23-17-4-2-1-3-16(15)17)14-6-9-28(10-7-14)20-18-19(25-12-24-18)26-13-27-20/h1-4,11-14,23H,5-10H2,(H,22,29)(H,24,25,26,27). The number of hydrogen-bond donors (Lipinski definition) is 3. The van der Waals surface area contributed by atoms with E-state index in [4.69, 9.17) is 0 Å². The third-order valence-corrected chi connectivity index (χ3v) is 5.74. The first-order valence-corrected chi connectivity index (χ1v) is 10.0. The number of imidazole rings is 1. The number of rotatable bonds is 5. The molecule has 0 saturated carbocycles. The lowest BCUT2D eigenvalue weighted by Gasteiger charge is -2.32. The lowest BCUT2D eigenvalue weighted by molar-refractivity contribution is -0.125. The average Bonchev–Trinajstić information content (AvgIpc) is 3.41. The summed E-state index contributed by atoms with van der Waals surface area (Å²) in [6.45, 7) is 2.25. The van der Waals surface area contributed by atoms with E-state index in [0.29, 0.717) is 12.2 Å². The van der Waals surface area contributed by atoms with Gasteiger partial charge in [0.2, 0.25) is 5.91 Å². The topological polar surface area (TPSA) is 103 Å². The number of anilines is 1.